The highest BCUT2D eigenvalue weighted by atomic mass is 16.3. The van der Waals surface area contributed by atoms with Crippen LogP contribution in [0.4, 0.5) is 0 Å². The average molecular weight is 256 g/mol. The van der Waals surface area contributed by atoms with Crippen molar-refractivity contribution in [1.29, 1.82) is 0 Å². The van der Waals surface area contributed by atoms with Crippen LogP contribution < -0.4 is 0 Å². The van der Waals surface area contributed by atoms with Crippen molar-refractivity contribution in [3.63, 3.8) is 0 Å². The molecule has 1 heteroatoms. The van der Waals surface area contributed by atoms with E-state index in [0.29, 0.717) is 17.1 Å². The molecule has 0 spiro atoms. The van der Waals surface area contributed by atoms with Gasteiger partial charge < -0.3 is 5.11 Å². The van der Waals surface area contributed by atoms with Gasteiger partial charge in [-0.1, -0.05) is 31.1 Å². The van der Waals surface area contributed by atoms with Crippen LogP contribution in [0.1, 0.15) is 51.9 Å². The first-order chi connectivity index (χ1) is 9.17. The van der Waals surface area contributed by atoms with E-state index in [1.807, 2.05) is 0 Å². The Hall–Kier alpha value is -0.980. The Morgan fingerprint density at radius 1 is 1.21 bits per heavy atom. The second-order valence-corrected chi connectivity index (χ2v) is 7.28. The Morgan fingerprint density at radius 2 is 2.11 bits per heavy atom. The van der Waals surface area contributed by atoms with Crippen molar-refractivity contribution in [3.8, 4) is 0 Å². The number of hydrogen-bond donors (Lipinski definition) is 1. The third-order valence-corrected chi connectivity index (χ3v) is 6.29. The fourth-order valence-corrected chi connectivity index (χ4v) is 5.32. The second kappa shape index (κ2) is 4.01. The van der Waals surface area contributed by atoms with Crippen LogP contribution in [0, 0.1) is 23.2 Å². The molecule has 0 bridgehead atoms. The van der Waals surface area contributed by atoms with E-state index in [1.54, 1.807) is 5.57 Å². The first-order valence-electron chi connectivity index (χ1n) is 7.98. The molecule has 0 aromatic rings. The third kappa shape index (κ3) is 1.67. The summed E-state index contributed by atoms with van der Waals surface area (Å²) in [5.74, 6) is 3.08. The lowest BCUT2D eigenvalue weighted by Gasteiger charge is -2.46. The normalized spacial score (nSPS) is 44.5. The van der Waals surface area contributed by atoms with Crippen LogP contribution in [-0.4, -0.2) is 5.11 Å². The predicted octanol–water partition coefficient (Wildman–Crippen LogP) is 4.92. The minimum atomic E-state index is 0.492. The summed E-state index contributed by atoms with van der Waals surface area (Å²) in [4.78, 5) is 0. The molecule has 0 unspecified atom stereocenters. The molecule has 1 nitrogen and oxygen atoms in total. The van der Waals surface area contributed by atoms with E-state index in [2.05, 4.69) is 25.2 Å². The maximum Gasteiger partial charge on any atom is 0.0928 e. The van der Waals surface area contributed by atoms with Crippen molar-refractivity contribution in [2.45, 2.75) is 51.9 Å². The fourth-order valence-electron chi connectivity index (χ4n) is 5.32. The van der Waals surface area contributed by atoms with Crippen molar-refractivity contribution >= 4 is 0 Å². The quantitative estimate of drug-likeness (QED) is 0.610. The van der Waals surface area contributed by atoms with Gasteiger partial charge in [-0.25, -0.2) is 0 Å². The van der Waals surface area contributed by atoms with Gasteiger partial charge in [0, 0.05) is 12.3 Å². The Labute approximate surface area is 116 Å². The van der Waals surface area contributed by atoms with Crippen molar-refractivity contribution in [3.05, 3.63) is 35.1 Å². The van der Waals surface area contributed by atoms with Crippen LogP contribution >= 0.6 is 0 Å². The first-order valence-corrected chi connectivity index (χ1v) is 7.98. The summed E-state index contributed by atoms with van der Waals surface area (Å²) in [5, 5.41) is 9.74. The maximum absolute atomic E-state index is 9.74. The minimum Gasteiger partial charge on any atom is -0.512 e. The van der Waals surface area contributed by atoms with Gasteiger partial charge in [0.2, 0.25) is 0 Å². The van der Waals surface area contributed by atoms with Crippen LogP contribution in [0.25, 0.3) is 0 Å². The molecule has 1 N–H and O–H groups in total. The lowest BCUT2D eigenvalue weighted by Crippen LogP contribution is -2.37. The van der Waals surface area contributed by atoms with E-state index in [1.165, 1.54) is 37.7 Å². The molecule has 4 aliphatic carbocycles. The summed E-state index contributed by atoms with van der Waals surface area (Å²) >= 11 is 0. The topological polar surface area (TPSA) is 20.2 Å². The summed E-state index contributed by atoms with van der Waals surface area (Å²) in [6, 6.07) is 0. The van der Waals surface area contributed by atoms with E-state index in [0.717, 1.165) is 24.7 Å². The first kappa shape index (κ1) is 11.8. The Kier molecular flexibility index (Phi) is 2.49. The molecule has 0 aromatic carbocycles. The summed E-state index contributed by atoms with van der Waals surface area (Å²) in [6.07, 6.45) is 15.8. The van der Waals surface area contributed by atoms with Gasteiger partial charge in [-0.05, 0) is 61.0 Å². The fraction of sp³-hybridized carbons (Fsp3) is 0.667. The van der Waals surface area contributed by atoms with Crippen LogP contribution in [0.2, 0.25) is 0 Å². The second-order valence-electron chi connectivity index (χ2n) is 7.28. The highest BCUT2D eigenvalue weighted by Crippen LogP contribution is 2.57. The third-order valence-electron chi connectivity index (χ3n) is 6.29. The average Bonchev–Trinajstić information content (AvgIpc) is 2.79. The molecule has 102 valence electrons. The number of hydrogen-bond acceptors (Lipinski definition) is 1. The highest BCUT2D eigenvalue weighted by Gasteiger charge is 2.48. The van der Waals surface area contributed by atoms with Gasteiger partial charge in [0.1, 0.15) is 0 Å². The predicted molar refractivity (Wildman–Crippen MR) is 77.8 cm³/mol. The van der Waals surface area contributed by atoms with Crippen molar-refractivity contribution < 1.29 is 5.11 Å². The molecule has 19 heavy (non-hydrogen) atoms. The van der Waals surface area contributed by atoms with Crippen molar-refractivity contribution in [1.82, 2.24) is 0 Å². The zero-order chi connectivity index (χ0) is 13.0. The maximum atomic E-state index is 9.74. The molecule has 0 saturated heterocycles. The Balaban J connectivity index is 1.74. The largest absolute Gasteiger partial charge is 0.512 e. The molecule has 0 heterocycles. The lowest BCUT2D eigenvalue weighted by molar-refractivity contribution is 0.143. The van der Waals surface area contributed by atoms with Gasteiger partial charge >= 0.3 is 0 Å². The summed E-state index contributed by atoms with van der Waals surface area (Å²) in [6.45, 7) is 2.48. The van der Waals surface area contributed by atoms with Gasteiger partial charge in [0.25, 0.3) is 0 Å². The monoisotopic (exact) mass is 256 g/mol. The number of aliphatic hydroxyl groups excluding tert-OH is 1. The molecule has 4 aliphatic rings. The molecular formula is C18H24O. The van der Waals surface area contributed by atoms with Crippen LogP contribution in [-0.2, 0) is 0 Å². The van der Waals surface area contributed by atoms with Gasteiger partial charge in [0.15, 0.2) is 0 Å². The number of aliphatic hydroxyl groups is 1. The van der Waals surface area contributed by atoms with E-state index in [4.69, 9.17) is 0 Å². The zero-order valence-electron chi connectivity index (χ0n) is 11.9. The Bertz CT molecular complexity index is 496. The SMILES string of the molecule is C[C@]12C=C[C@@H]3C4=C(C=C(O)CC4)CC[C@H]3[C@@H]1CCC2. The molecule has 0 radical (unpaired) electrons. The molecule has 0 aliphatic heterocycles. The number of rotatable bonds is 0. The van der Waals surface area contributed by atoms with Crippen molar-refractivity contribution in [2.75, 3.05) is 0 Å². The highest BCUT2D eigenvalue weighted by molar-refractivity contribution is 5.38. The lowest BCUT2D eigenvalue weighted by atomic mass is 9.58. The molecule has 4 atom stereocenters. The van der Waals surface area contributed by atoms with E-state index in [9.17, 15) is 5.11 Å². The minimum absolute atomic E-state index is 0.492. The molecular weight excluding hydrogens is 232 g/mol. The smallest absolute Gasteiger partial charge is 0.0928 e. The summed E-state index contributed by atoms with van der Waals surface area (Å²) in [5.41, 5.74) is 3.60. The number of fused-ring (bicyclic) bond motifs is 4. The van der Waals surface area contributed by atoms with Gasteiger partial charge in [-0.3, -0.25) is 0 Å². The van der Waals surface area contributed by atoms with E-state index >= 15 is 0 Å². The molecule has 0 amide bonds. The Morgan fingerprint density at radius 3 is 3.00 bits per heavy atom. The van der Waals surface area contributed by atoms with Gasteiger partial charge in [-0.2, -0.15) is 0 Å². The summed E-state index contributed by atoms with van der Waals surface area (Å²) in [7, 11) is 0. The van der Waals surface area contributed by atoms with Gasteiger partial charge in [-0.15, -0.1) is 0 Å². The zero-order valence-corrected chi connectivity index (χ0v) is 11.9. The molecule has 1 saturated carbocycles. The van der Waals surface area contributed by atoms with E-state index in [-0.39, 0.29) is 0 Å². The number of allylic oxidation sites excluding steroid dienone is 6. The summed E-state index contributed by atoms with van der Waals surface area (Å²) < 4.78 is 0. The standard InChI is InChI=1S/C18H24O/c1-18-9-2-3-17(18)16-6-4-12-11-13(19)5-7-14(12)15(16)8-10-18/h8,10-11,15-17,19H,2-7,9H2,1H3/t15-,16-,17+,18+/m1/s1. The van der Waals surface area contributed by atoms with E-state index < -0.39 is 0 Å². The van der Waals surface area contributed by atoms with Crippen LogP contribution in [0.3, 0.4) is 0 Å². The van der Waals surface area contributed by atoms with Crippen LogP contribution in [0.5, 0.6) is 0 Å². The molecule has 4 rings (SSSR count). The van der Waals surface area contributed by atoms with Gasteiger partial charge in [0.05, 0.1) is 5.76 Å². The van der Waals surface area contributed by atoms with Crippen LogP contribution in [0.15, 0.2) is 35.1 Å². The molecule has 1 fully saturated rings. The van der Waals surface area contributed by atoms with Crippen molar-refractivity contribution in [2.24, 2.45) is 23.2 Å². The molecule has 0 aromatic heterocycles.